The zero-order chi connectivity index (χ0) is 15.5. The molecule has 0 spiro atoms. The standard InChI is InChI=1S/C16H20N4S2/c1-10(22-16-19-13(17)9-14(20-16)21-2)15-12-6-4-3-5-11(12)7-8-18-15/h7-10H,3-6H2,1-2H3,(H2,17,19,20). The third-order valence-electron chi connectivity index (χ3n) is 3.89. The van der Waals surface area contributed by atoms with Crippen LogP contribution in [0.25, 0.3) is 0 Å². The molecule has 116 valence electrons. The Bertz CT molecular complexity index is 675. The fourth-order valence-electron chi connectivity index (χ4n) is 2.83. The van der Waals surface area contributed by atoms with Gasteiger partial charge in [0.15, 0.2) is 5.16 Å². The van der Waals surface area contributed by atoms with E-state index in [1.165, 1.54) is 36.1 Å². The molecule has 0 bridgehead atoms. The molecule has 6 heteroatoms. The minimum absolute atomic E-state index is 0.226. The number of nitrogens with zero attached hydrogens (tertiary/aromatic N) is 3. The molecule has 2 aromatic rings. The maximum atomic E-state index is 5.87. The molecule has 0 saturated heterocycles. The zero-order valence-electron chi connectivity index (χ0n) is 12.9. The van der Waals surface area contributed by atoms with Gasteiger partial charge in [0.05, 0.1) is 10.9 Å². The van der Waals surface area contributed by atoms with Crippen LogP contribution in [-0.2, 0) is 12.8 Å². The second kappa shape index (κ2) is 6.87. The van der Waals surface area contributed by atoms with Gasteiger partial charge in [-0.1, -0.05) is 11.8 Å². The highest BCUT2D eigenvalue weighted by Crippen LogP contribution is 2.37. The van der Waals surface area contributed by atoms with Gasteiger partial charge in [-0.05, 0) is 56.1 Å². The van der Waals surface area contributed by atoms with Gasteiger partial charge in [0, 0.05) is 12.3 Å². The second-order valence-corrected chi connectivity index (χ2v) is 7.55. The van der Waals surface area contributed by atoms with Crippen molar-refractivity contribution in [1.29, 1.82) is 0 Å². The van der Waals surface area contributed by atoms with E-state index in [1.807, 2.05) is 18.5 Å². The molecule has 0 aromatic carbocycles. The summed E-state index contributed by atoms with van der Waals surface area (Å²) in [5, 5.41) is 1.86. The van der Waals surface area contributed by atoms with E-state index in [-0.39, 0.29) is 5.25 Å². The van der Waals surface area contributed by atoms with Crippen LogP contribution in [0.5, 0.6) is 0 Å². The summed E-state index contributed by atoms with van der Waals surface area (Å²) in [7, 11) is 0. The van der Waals surface area contributed by atoms with Crippen LogP contribution in [0.4, 0.5) is 5.82 Å². The van der Waals surface area contributed by atoms with Crippen LogP contribution in [0.15, 0.2) is 28.5 Å². The first kappa shape index (κ1) is 15.6. The van der Waals surface area contributed by atoms with Crippen molar-refractivity contribution in [2.75, 3.05) is 12.0 Å². The van der Waals surface area contributed by atoms with Gasteiger partial charge in [-0.25, -0.2) is 9.97 Å². The number of pyridine rings is 1. The first-order chi connectivity index (χ1) is 10.7. The predicted molar refractivity (Wildman–Crippen MR) is 93.4 cm³/mol. The molecule has 0 saturated carbocycles. The van der Waals surface area contributed by atoms with E-state index in [0.29, 0.717) is 5.82 Å². The minimum Gasteiger partial charge on any atom is -0.384 e. The average Bonchev–Trinajstić information content (AvgIpc) is 2.53. The van der Waals surface area contributed by atoms with Crippen LogP contribution in [0.1, 0.15) is 41.8 Å². The molecule has 1 aliphatic carbocycles. The van der Waals surface area contributed by atoms with Crippen molar-refractivity contribution in [2.45, 2.75) is 48.0 Å². The Hall–Kier alpha value is -1.27. The van der Waals surface area contributed by atoms with E-state index in [0.717, 1.165) is 16.6 Å². The molecule has 0 fully saturated rings. The molecular weight excluding hydrogens is 312 g/mol. The summed E-state index contributed by atoms with van der Waals surface area (Å²) in [4.78, 5) is 13.5. The van der Waals surface area contributed by atoms with Crippen molar-refractivity contribution < 1.29 is 0 Å². The van der Waals surface area contributed by atoms with Gasteiger partial charge in [-0.15, -0.1) is 11.8 Å². The summed E-state index contributed by atoms with van der Waals surface area (Å²) in [6, 6.07) is 3.97. The summed E-state index contributed by atoms with van der Waals surface area (Å²) >= 11 is 3.22. The van der Waals surface area contributed by atoms with Crippen molar-refractivity contribution in [3.8, 4) is 0 Å². The number of anilines is 1. The van der Waals surface area contributed by atoms with Crippen molar-refractivity contribution in [3.63, 3.8) is 0 Å². The van der Waals surface area contributed by atoms with Crippen molar-refractivity contribution in [1.82, 2.24) is 15.0 Å². The molecule has 0 radical (unpaired) electrons. The number of fused-ring (bicyclic) bond motifs is 1. The van der Waals surface area contributed by atoms with Gasteiger partial charge in [-0.3, -0.25) is 4.98 Å². The summed E-state index contributed by atoms with van der Waals surface area (Å²) in [6.07, 6.45) is 8.78. The number of aryl methyl sites for hydroxylation is 1. The Morgan fingerprint density at radius 3 is 2.86 bits per heavy atom. The van der Waals surface area contributed by atoms with Gasteiger partial charge in [0.1, 0.15) is 10.8 Å². The fourth-order valence-corrected chi connectivity index (χ4v) is 4.25. The molecule has 1 aliphatic rings. The van der Waals surface area contributed by atoms with Crippen molar-refractivity contribution in [2.24, 2.45) is 0 Å². The molecule has 1 unspecified atom stereocenters. The van der Waals surface area contributed by atoms with Crippen LogP contribution >= 0.6 is 23.5 Å². The number of hydrogen-bond acceptors (Lipinski definition) is 6. The zero-order valence-corrected chi connectivity index (χ0v) is 14.5. The van der Waals surface area contributed by atoms with Crippen molar-refractivity contribution in [3.05, 3.63) is 35.2 Å². The molecule has 2 aromatic heterocycles. The third-order valence-corrected chi connectivity index (χ3v) is 5.48. The first-order valence-electron chi connectivity index (χ1n) is 7.49. The number of aromatic nitrogens is 3. The topological polar surface area (TPSA) is 64.7 Å². The first-order valence-corrected chi connectivity index (χ1v) is 9.59. The summed E-state index contributed by atoms with van der Waals surface area (Å²) in [5.74, 6) is 0.525. The highest BCUT2D eigenvalue weighted by molar-refractivity contribution is 7.99. The Kier molecular flexibility index (Phi) is 4.88. The quantitative estimate of drug-likeness (QED) is 0.520. The van der Waals surface area contributed by atoms with E-state index in [4.69, 9.17) is 5.73 Å². The number of rotatable bonds is 4. The molecule has 1 atom stereocenters. The summed E-state index contributed by atoms with van der Waals surface area (Å²) in [6.45, 7) is 2.17. The smallest absolute Gasteiger partial charge is 0.191 e. The van der Waals surface area contributed by atoms with Crippen LogP contribution in [0.2, 0.25) is 0 Å². The van der Waals surface area contributed by atoms with Gasteiger partial charge < -0.3 is 5.73 Å². The van der Waals surface area contributed by atoms with Crippen LogP contribution in [0, 0.1) is 0 Å². The highest BCUT2D eigenvalue weighted by atomic mass is 32.2. The van der Waals surface area contributed by atoms with Gasteiger partial charge >= 0.3 is 0 Å². The molecule has 2 N–H and O–H groups in total. The molecule has 0 amide bonds. The molecule has 0 aliphatic heterocycles. The largest absolute Gasteiger partial charge is 0.384 e. The van der Waals surface area contributed by atoms with E-state index in [9.17, 15) is 0 Å². The normalized spacial score (nSPS) is 15.4. The second-order valence-electron chi connectivity index (χ2n) is 5.42. The van der Waals surface area contributed by atoms with Gasteiger partial charge in [0.25, 0.3) is 0 Å². The lowest BCUT2D eigenvalue weighted by molar-refractivity contribution is 0.671. The molecule has 3 rings (SSSR count). The summed E-state index contributed by atoms with van der Waals surface area (Å²) < 4.78 is 0. The fraction of sp³-hybridized carbons (Fsp3) is 0.438. The Morgan fingerprint density at radius 1 is 1.23 bits per heavy atom. The minimum atomic E-state index is 0.226. The molecule has 22 heavy (non-hydrogen) atoms. The van der Waals surface area contributed by atoms with E-state index >= 15 is 0 Å². The lowest BCUT2D eigenvalue weighted by atomic mass is 9.90. The Morgan fingerprint density at radius 2 is 2.05 bits per heavy atom. The van der Waals surface area contributed by atoms with Crippen LogP contribution in [0.3, 0.4) is 0 Å². The number of nitrogens with two attached hydrogens (primary N) is 1. The van der Waals surface area contributed by atoms with Crippen LogP contribution < -0.4 is 5.73 Å². The number of nitrogen functional groups attached to an aromatic ring is 1. The maximum Gasteiger partial charge on any atom is 0.191 e. The SMILES string of the molecule is CSc1cc(N)nc(SC(C)c2nccc3c2CCCC3)n1. The lowest BCUT2D eigenvalue weighted by Gasteiger charge is -2.21. The van der Waals surface area contributed by atoms with E-state index in [2.05, 4.69) is 27.9 Å². The predicted octanol–water partition coefficient (Wildman–Crippen LogP) is 3.91. The maximum absolute atomic E-state index is 5.87. The van der Waals surface area contributed by atoms with E-state index < -0.39 is 0 Å². The number of hydrogen-bond donors (Lipinski definition) is 1. The van der Waals surface area contributed by atoms with Gasteiger partial charge in [-0.2, -0.15) is 0 Å². The Balaban J connectivity index is 1.86. The van der Waals surface area contributed by atoms with Gasteiger partial charge in [0.2, 0.25) is 0 Å². The highest BCUT2D eigenvalue weighted by Gasteiger charge is 2.20. The number of thioether (sulfide) groups is 2. The third kappa shape index (κ3) is 3.38. The monoisotopic (exact) mass is 332 g/mol. The van der Waals surface area contributed by atoms with Crippen LogP contribution in [-0.4, -0.2) is 21.2 Å². The lowest BCUT2D eigenvalue weighted by Crippen LogP contribution is -2.09. The van der Waals surface area contributed by atoms with Crippen molar-refractivity contribution >= 4 is 29.3 Å². The Labute approximate surface area is 139 Å². The average molecular weight is 332 g/mol. The van der Waals surface area contributed by atoms with E-state index in [1.54, 1.807) is 23.5 Å². The molecule has 2 heterocycles. The molecule has 4 nitrogen and oxygen atoms in total. The molecular formula is C16H20N4S2. The summed E-state index contributed by atoms with van der Waals surface area (Å²) in [5.41, 5.74) is 9.94.